The number of benzene rings is 1. The Morgan fingerprint density at radius 2 is 1.48 bits per heavy atom. The second-order valence-electron chi connectivity index (χ2n) is 10.1. The molecule has 0 amide bonds. The van der Waals surface area contributed by atoms with Gasteiger partial charge in [-0.25, -0.2) is 0 Å². The van der Waals surface area contributed by atoms with Crippen molar-refractivity contribution in [3.8, 4) is 5.75 Å². The molecule has 29 heavy (non-hydrogen) atoms. The zero-order valence-corrected chi connectivity index (χ0v) is 18.4. The van der Waals surface area contributed by atoms with Crippen LogP contribution in [-0.4, -0.2) is 6.61 Å². The molecule has 158 valence electrons. The van der Waals surface area contributed by atoms with Crippen LogP contribution in [0.2, 0.25) is 0 Å². The van der Waals surface area contributed by atoms with Gasteiger partial charge in [0, 0.05) is 5.92 Å². The summed E-state index contributed by atoms with van der Waals surface area (Å²) in [7, 11) is 0. The van der Waals surface area contributed by atoms with Crippen molar-refractivity contribution in [3.05, 3.63) is 54.6 Å². The monoisotopic (exact) mass is 392 g/mol. The largest absolute Gasteiger partial charge is 0.493 e. The molecule has 1 heteroatoms. The number of ether oxygens (including phenoxy) is 1. The lowest BCUT2D eigenvalue weighted by Crippen LogP contribution is -2.27. The molecule has 0 spiro atoms. The zero-order chi connectivity index (χ0) is 20.1. The molecule has 0 heterocycles. The van der Waals surface area contributed by atoms with Crippen LogP contribution in [0.3, 0.4) is 0 Å². The summed E-state index contributed by atoms with van der Waals surface area (Å²) in [4.78, 5) is 0. The third-order valence-electron chi connectivity index (χ3n) is 8.11. The van der Waals surface area contributed by atoms with Crippen LogP contribution >= 0.6 is 0 Å². The quantitative estimate of drug-likeness (QED) is 0.446. The Labute approximate surface area is 178 Å². The van der Waals surface area contributed by atoms with Gasteiger partial charge in [-0.2, -0.15) is 0 Å². The third-order valence-corrected chi connectivity index (χ3v) is 8.11. The fourth-order valence-electron chi connectivity index (χ4n) is 5.94. The molecule has 0 bridgehead atoms. The first kappa shape index (κ1) is 20.8. The normalized spacial score (nSPS) is 35.2. The van der Waals surface area contributed by atoms with Crippen LogP contribution < -0.4 is 4.74 Å². The van der Waals surface area contributed by atoms with E-state index in [9.17, 15) is 0 Å². The van der Waals surface area contributed by atoms with Gasteiger partial charge in [0.25, 0.3) is 0 Å². The molecule has 3 aliphatic carbocycles. The fraction of sp³-hybridized carbons (Fsp3) is 0.643. The van der Waals surface area contributed by atoms with Crippen LogP contribution in [0.15, 0.2) is 49.1 Å². The molecule has 3 aliphatic rings. The van der Waals surface area contributed by atoms with E-state index in [1.807, 2.05) is 0 Å². The summed E-state index contributed by atoms with van der Waals surface area (Å²) in [6, 6.07) is 8.92. The summed E-state index contributed by atoms with van der Waals surface area (Å²) in [6.45, 7) is 7.20. The van der Waals surface area contributed by atoms with Crippen LogP contribution in [0.25, 0.3) is 0 Å². The summed E-state index contributed by atoms with van der Waals surface area (Å²) in [5.41, 5.74) is 1.44. The van der Waals surface area contributed by atoms with E-state index in [-0.39, 0.29) is 0 Å². The van der Waals surface area contributed by atoms with E-state index < -0.39 is 0 Å². The Hall–Kier alpha value is -1.50. The molecule has 0 N–H and O–H groups in total. The maximum Gasteiger partial charge on any atom is 0.119 e. The van der Waals surface area contributed by atoms with E-state index in [0.717, 1.165) is 41.9 Å². The van der Waals surface area contributed by atoms with Gasteiger partial charge in [-0.1, -0.05) is 37.3 Å². The van der Waals surface area contributed by atoms with Gasteiger partial charge < -0.3 is 4.74 Å². The average molecular weight is 393 g/mol. The van der Waals surface area contributed by atoms with E-state index in [0.29, 0.717) is 5.92 Å². The first-order chi connectivity index (χ1) is 14.2. The standard InChI is InChI=1S/C28H40O/c1-3-22-6-12-25(13-7-22)26-14-8-23(9-15-26)20-29-28-18-16-27(17-19-28)24-10-4-21(2)5-11-24/h3-4,10,16-19,21-26H,1,5-9,11-15,20H2,2H3. The molecule has 0 aromatic heterocycles. The molecule has 2 saturated carbocycles. The van der Waals surface area contributed by atoms with Crippen molar-refractivity contribution in [3.63, 3.8) is 0 Å². The maximum atomic E-state index is 6.19. The molecule has 1 aromatic carbocycles. The maximum absolute atomic E-state index is 6.19. The van der Waals surface area contributed by atoms with Gasteiger partial charge in [0.2, 0.25) is 0 Å². The minimum atomic E-state index is 0.595. The van der Waals surface area contributed by atoms with Crippen LogP contribution in [-0.2, 0) is 0 Å². The molecule has 2 atom stereocenters. The zero-order valence-electron chi connectivity index (χ0n) is 18.4. The van der Waals surface area contributed by atoms with Gasteiger partial charge in [-0.3, -0.25) is 0 Å². The van der Waals surface area contributed by atoms with Gasteiger partial charge in [0.15, 0.2) is 0 Å². The molecule has 0 saturated heterocycles. The van der Waals surface area contributed by atoms with Crippen molar-refractivity contribution < 1.29 is 4.74 Å². The molecule has 1 nitrogen and oxygen atoms in total. The lowest BCUT2D eigenvalue weighted by molar-refractivity contribution is 0.129. The molecule has 2 fully saturated rings. The Kier molecular flexibility index (Phi) is 7.16. The summed E-state index contributed by atoms with van der Waals surface area (Å²) in [6.07, 6.45) is 20.7. The van der Waals surface area contributed by atoms with Crippen LogP contribution in [0.4, 0.5) is 0 Å². The highest BCUT2D eigenvalue weighted by molar-refractivity contribution is 5.32. The average Bonchev–Trinajstić information content (AvgIpc) is 2.79. The molecule has 0 aliphatic heterocycles. The molecule has 1 aromatic rings. The van der Waals surface area contributed by atoms with E-state index in [1.54, 1.807) is 0 Å². The summed E-state index contributed by atoms with van der Waals surface area (Å²) >= 11 is 0. The first-order valence-electron chi connectivity index (χ1n) is 12.2. The second kappa shape index (κ2) is 10.0. The van der Waals surface area contributed by atoms with Crippen molar-refractivity contribution in [2.24, 2.45) is 29.6 Å². The third kappa shape index (κ3) is 5.56. The Bertz CT molecular complexity index is 656. The molecular weight excluding hydrogens is 352 g/mol. The van der Waals surface area contributed by atoms with Gasteiger partial charge in [-0.15, -0.1) is 6.58 Å². The second-order valence-corrected chi connectivity index (χ2v) is 10.1. The topological polar surface area (TPSA) is 9.23 Å². The highest BCUT2D eigenvalue weighted by atomic mass is 16.5. The Morgan fingerprint density at radius 3 is 2.07 bits per heavy atom. The summed E-state index contributed by atoms with van der Waals surface area (Å²) in [5, 5.41) is 0. The molecular formula is C28H40O. The van der Waals surface area contributed by atoms with Crippen LogP contribution in [0.5, 0.6) is 5.75 Å². The van der Waals surface area contributed by atoms with Crippen LogP contribution in [0, 0.1) is 29.6 Å². The van der Waals surface area contributed by atoms with Crippen molar-refractivity contribution in [2.75, 3.05) is 6.61 Å². The lowest BCUT2D eigenvalue weighted by atomic mass is 9.69. The highest BCUT2D eigenvalue weighted by Crippen LogP contribution is 2.41. The number of allylic oxidation sites excluding steroid dienone is 3. The van der Waals surface area contributed by atoms with Crippen molar-refractivity contribution in [1.29, 1.82) is 0 Å². The van der Waals surface area contributed by atoms with Crippen molar-refractivity contribution in [1.82, 2.24) is 0 Å². The molecule has 4 rings (SSSR count). The number of rotatable bonds is 6. The first-order valence-corrected chi connectivity index (χ1v) is 12.2. The minimum absolute atomic E-state index is 0.595. The Balaban J connectivity index is 1.19. The van der Waals surface area contributed by atoms with Gasteiger partial charge in [-0.05, 0) is 111 Å². The minimum Gasteiger partial charge on any atom is -0.493 e. The predicted molar refractivity (Wildman–Crippen MR) is 123 cm³/mol. The lowest BCUT2D eigenvalue weighted by Gasteiger charge is -2.37. The molecule has 0 radical (unpaired) electrons. The SMILES string of the molecule is C=CC1CCC(C2CCC(COc3ccc(C4C=CC(C)CC4)cc3)CC2)CC1. The van der Waals surface area contributed by atoms with E-state index in [4.69, 9.17) is 4.74 Å². The van der Waals surface area contributed by atoms with E-state index >= 15 is 0 Å². The van der Waals surface area contributed by atoms with Gasteiger partial charge in [0.1, 0.15) is 5.75 Å². The van der Waals surface area contributed by atoms with E-state index in [1.165, 1.54) is 69.8 Å². The van der Waals surface area contributed by atoms with Crippen molar-refractivity contribution in [2.45, 2.75) is 77.0 Å². The summed E-state index contributed by atoms with van der Waals surface area (Å²) < 4.78 is 6.19. The Morgan fingerprint density at radius 1 is 0.828 bits per heavy atom. The highest BCUT2D eigenvalue weighted by Gasteiger charge is 2.30. The smallest absolute Gasteiger partial charge is 0.119 e. The summed E-state index contributed by atoms with van der Waals surface area (Å²) in [5.74, 6) is 5.88. The van der Waals surface area contributed by atoms with Gasteiger partial charge >= 0.3 is 0 Å². The van der Waals surface area contributed by atoms with Crippen LogP contribution in [0.1, 0.15) is 82.6 Å². The fourth-order valence-corrected chi connectivity index (χ4v) is 5.94. The molecule has 2 unspecified atom stereocenters. The number of hydrogen-bond acceptors (Lipinski definition) is 1. The van der Waals surface area contributed by atoms with Crippen molar-refractivity contribution >= 4 is 0 Å². The predicted octanol–water partition coefficient (Wildman–Crippen LogP) is 7.93. The number of hydrogen-bond donors (Lipinski definition) is 0. The van der Waals surface area contributed by atoms with E-state index in [2.05, 4.69) is 56.0 Å². The van der Waals surface area contributed by atoms with Gasteiger partial charge in [0.05, 0.1) is 6.61 Å².